The maximum Gasteiger partial charge on any atom is 0.177 e. The summed E-state index contributed by atoms with van der Waals surface area (Å²) in [6.45, 7) is 3.32. The van der Waals surface area contributed by atoms with Gasteiger partial charge in [-0.05, 0) is 38.3 Å². The van der Waals surface area contributed by atoms with Crippen LogP contribution in [0.4, 0.5) is 0 Å². The zero-order chi connectivity index (χ0) is 13.1. The molecule has 1 aliphatic carbocycles. The molecule has 0 aliphatic heterocycles. The lowest BCUT2D eigenvalue weighted by atomic mass is 9.82. The molecule has 0 radical (unpaired) electrons. The van der Waals surface area contributed by atoms with Gasteiger partial charge in [0.1, 0.15) is 0 Å². The Balaban J connectivity index is 1.85. The number of aliphatic hydroxyl groups excluding tert-OH is 1. The molecule has 0 amide bonds. The van der Waals surface area contributed by atoms with Crippen LogP contribution >= 0.6 is 0 Å². The lowest BCUT2D eigenvalue weighted by molar-refractivity contribution is 0.0286. The number of hydrogen-bond acceptors (Lipinski definition) is 3. The molecule has 98 valence electrons. The standard InChI is InChI=1S/C15H21NO2/c1-11-5-3-4-6-14(11)15(18)10-16(2)9-12-7-13(17)8-12/h3-6,12-13,17H,7-10H2,1-2H3. The van der Waals surface area contributed by atoms with Gasteiger partial charge in [-0.15, -0.1) is 0 Å². The normalized spacial score (nSPS) is 22.9. The van der Waals surface area contributed by atoms with Crippen LogP contribution in [0.3, 0.4) is 0 Å². The number of ketones is 1. The van der Waals surface area contributed by atoms with Gasteiger partial charge in [0.2, 0.25) is 0 Å². The highest BCUT2D eigenvalue weighted by Crippen LogP contribution is 2.27. The van der Waals surface area contributed by atoms with Gasteiger partial charge in [0.15, 0.2) is 5.78 Å². The van der Waals surface area contributed by atoms with Gasteiger partial charge < -0.3 is 5.11 Å². The first-order valence-corrected chi connectivity index (χ1v) is 6.51. The molecule has 3 heteroatoms. The highest BCUT2D eigenvalue weighted by Gasteiger charge is 2.28. The summed E-state index contributed by atoms with van der Waals surface area (Å²) in [5.41, 5.74) is 1.85. The monoisotopic (exact) mass is 247 g/mol. The molecule has 0 atom stereocenters. The van der Waals surface area contributed by atoms with Gasteiger partial charge in [-0.2, -0.15) is 0 Å². The molecule has 0 saturated heterocycles. The second-order valence-corrected chi connectivity index (χ2v) is 5.43. The third kappa shape index (κ3) is 3.18. The number of aliphatic hydroxyl groups is 1. The van der Waals surface area contributed by atoms with Crippen molar-refractivity contribution in [3.8, 4) is 0 Å². The number of aryl methyl sites for hydroxylation is 1. The molecule has 18 heavy (non-hydrogen) atoms. The Hall–Kier alpha value is -1.19. The Morgan fingerprint density at radius 2 is 2.06 bits per heavy atom. The maximum absolute atomic E-state index is 12.1. The molecule has 1 saturated carbocycles. The van der Waals surface area contributed by atoms with Gasteiger partial charge in [0.05, 0.1) is 12.6 Å². The fourth-order valence-corrected chi connectivity index (χ4v) is 2.57. The van der Waals surface area contributed by atoms with E-state index < -0.39 is 0 Å². The van der Waals surface area contributed by atoms with E-state index in [9.17, 15) is 9.90 Å². The van der Waals surface area contributed by atoms with E-state index in [0.29, 0.717) is 12.5 Å². The van der Waals surface area contributed by atoms with E-state index in [0.717, 1.165) is 30.5 Å². The van der Waals surface area contributed by atoms with Crippen molar-refractivity contribution in [3.05, 3.63) is 35.4 Å². The van der Waals surface area contributed by atoms with Crippen molar-refractivity contribution in [1.82, 2.24) is 4.90 Å². The van der Waals surface area contributed by atoms with Crippen LogP contribution in [0.2, 0.25) is 0 Å². The zero-order valence-electron chi connectivity index (χ0n) is 11.1. The van der Waals surface area contributed by atoms with Crippen molar-refractivity contribution in [2.75, 3.05) is 20.1 Å². The summed E-state index contributed by atoms with van der Waals surface area (Å²) in [6.07, 6.45) is 1.64. The van der Waals surface area contributed by atoms with E-state index in [4.69, 9.17) is 0 Å². The number of Topliss-reactive ketones (excluding diaryl/α,β-unsaturated/α-hetero) is 1. The van der Waals surface area contributed by atoms with Crippen molar-refractivity contribution in [2.24, 2.45) is 5.92 Å². The van der Waals surface area contributed by atoms with Crippen LogP contribution < -0.4 is 0 Å². The summed E-state index contributed by atoms with van der Waals surface area (Å²) < 4.78 is 0. The fraction of sp³-hybridized carbons (Fsp3) is 0.533. The second kappa shape index (κ2) is 5.63. The van der Waals surface area contributed by atoms with Gasteiger partial charge in [0, 0.05) is 12.1 Å². The second-order valence-electron chi connectivity index (χ2n) is 5.43. The molecule has 0 spiro atoms. The SMILES string of the molecule is Cc1ccccc1C(=O)CN(C)CC1CC(O)C1. The number of likely N-dealkylation sites (N-methyl/N-ethyl adjacent to an activating group) is 1. The molecule has 1 N–H and O–H groups in total. The van der Waals surface area contributed by atoms with Crippen molar-refractivity contribution in [3.63, 3.8) is 0 Å². The molecule has 1 aromatic rings. The zero-order valence-corrected chi connectivity index (χ0v) is 11.1. The predicted molar refractivity (Wildman–Crippen MR) is 71.7 cm³/mol. The van der Waals surface area contributed by atoms with E-state index in [1.54, 1.807) is 0 Å². The first-order chi connectivity index (χ1) is 8.56. The highest BCUT2D eigenvalue weighted by molar-refractivity contribution is 5.98. The van der Waals surface area contributed by atoms with Gasteiger partial charge in [-0.1, -0.05) is 24.3 Å². The Morgan fingerprint density at radius 1 is 1.39 bits per heavy atom. The molecule has 2 rings (SSSR count). The average Bonchev–Trinajstić information content (AvgIpc) is 2.27. The van der Waals surface area contributed by atoms with Crippen LogP contribution in [0.5, 0.6) is 0 Å². The fourth-order valence-electron chi connectivity index (χ4n) is 2.57. The third-order valence-electron chi connectivity index (χ3n) is 3.64. The van der Waals surface area contributed by atoms with Crippen LogP contribution in [0.1, 0.15) is 28.8 Å². The van der Waals surface area contributed by atoms with E-state index in [2.05, 4.69) is 4.90 Å². The van der Waals surface area contributed by atoms with E-state index in [-0.39, 0.29) is 11.9 Å². The lowest BCUT2D eigenvalue weighted by Gasteiger charge is -2.34. The minimum absolute atomic E-state index is 0.115. The highest BCUT2D eigenvalue weighted by atomic mass is 16.3. The summed E-state index contributed by atoms with van der Waals surface area (Å²) in [5, 5.41) is 9.24. The third-order valence-corrected chi connectivity index (χ3v) is 3.64. The number of hydrogen-bond donors (Lipinski definition) is 1. The maximum atomic E-state index is 12.1. The van der Waals surface area contributed by atoms with Crippen LogP contribution in [0.25, 0.3) is 0 Å². The average molecular weight is 247 g/mol. The Morgan fingerprint density at radius 3 is 2.67 bits per heavy atom. The number of benzene rings is 1. The number of nitrogens with zero attached hydrogens (tertiary/aromatic N) is 1. The van der Waals surface area contributed by atoms with Crippen LogP contribution in [-0.2, 0) is 0 Å². The van der Waals surface area contributed by atoms with Crippen LogP contribution in [0.15, 0.2) is 24.3 Å². The van der Waals surface area contributed by atoms with Gasteiger partial charge in [0.25, 0.3) is 0 Å². The molecule has 0 unspecified atom stereocenters. The van der Waals surface area contributed by atoms with Crippen molar-refractivity contribution < 1.29 is 9.90 Å². The molecular formula is C15H21NO2. The summed E-state index contributed by atoms with van der Waals surface area (Å²) >= 11 is 0. The van der Waals surface area contributed by atoms with E-state index >= 15 is 0 Å². The van der Waals surface area contributed by atoms with Crippen molar-refractivity contribution >= 4 is 5.78 Å². The van der Waals surface area contributed by atoms with Gasteiger partial charge in [-0.25, -0.2) is 0 Å². The smallest absolute Gasteiger partial charge is 0.177 e. The van der Waals surface area contributed by atoms with Crippen molar-refractivity contribution in [2.45, 2.75) is 25.9 Å². The minimum atomic E-state index is -0.115. The first kappa shape index (κ1) is 13.2. The lowest BCUT2D eigenvalue weighted by Crippen LogP contribution is -2.38. The molecule has 1 aliphatic rings. The summed E-state index contributed by atoms with van der Waals surface area (Å²) in [7, 11) is 1.97. The van der Waals surface area contributed by atoms with Crippen LogP contribution in [-0.4, -0.2) is 42.0 Å². The molecule has 0 bridgehead atoms. The minimum Gasteiger partial charge on any atom is -0.393 e. The molecule has 0 aromatic heterocycles. The van der Waals surface area contributed by atoms with Crippen molar-refractivity contribution in [1.29, 1.82) is 0 Å². The molecular weight excluding hydrogens is 226 g/mol. The summed E-state index contributed by atoms with van der Waals surface area (Å²) in [6, 6.07) is 7.71. The molecule has 1 fully saturated rings. The largest absolute Gasteiger partial charge is 0.393 e. The van der Waals surface area contributed by atoms with Crippen LogP contribution in [0, 0.1) is 12.8 Å². The Kier molecular flexibility index (Phi) is 4.15. The molecule has 0 heterocycles. The quantitative estimate of drug-likeness (QED) is 0.808. The first-order valence-electron chi connectivity index (χ1n) is 6.51. The molecule has 1 aromatic carbocycles. The van der Waals surface area contributed by atoms with Gasteiger partial charge in [-0.3, -0.25) is 9.69 Å². The summed E-state index contributed by atoms with van der Waals surface area (Å²) in [4.78, 5) is 14.2. The van der Waals surface area contributed by atoms with E-state index in [1.807, 2.05) is 38.2 Å². The predicted octanol–water partition coefficient (Wildman–Crippen LogP) is 1.88. The summed E-state index contributed by atoms with van der Waals surface area (Å²) in [5.74, 6) is 0.727. The molecule has 3 nitrogen and oxygen atoms in total. The Labute approximate surface area is 108 Å². The topological polar surface area (TPSA) is 40.5 Å². The Bertz CT molecular complexity index is 424. The van der Waals surface area contributed by atoms with Gasteiger partial charge >= 0.3 is 0 Å². The number of carbonyl (C=O) groups is 1. The van der Waals surface area contributed by atoms with E-state index in [1.165, 1.54) is 0 Å². The number of carbonyl (C=O) groups excluding carboxylic acids is 1. The number of rotatable bonds is 5.